The van der Waals surface area contributed by atoms with Crippen LogP contribution in [0.5, 0.6) is 0 Å². The van der Waals surface area contributed by atoms with Gasteiger partial charge in [-0.25, -0.2) is 4.79 Å². The third-order valence-corrected chi connectivity index (χ3v) is 2.57. The Bertz CT molecular complexity index is 466. The summed E-state index contributed by atoms with van der Waals surface area (Å²) >= 11 is 3.29. The third-order valence-electron chi connectivity index (χ3n) is 2.04. The van der Waals surface area contributed by atoms with E-state index in [0.29, 0.717) is 17.9 Å². The fourth-order valence-corrected chi connectivity index (χ4v) is 1.51. The average Bonchev–Trinajstić information content (AvgIpc) is 2.29. The maximum Gasteiger partial charge on any atom is 0.332 e. The Morgan fingerprint density at radius 3 is 2.50 bits per heavy atom. The van der Waals surface area contributed by atoms with Gasteiger partial charge in [0.05, 0.1) is 6.61 Å². The van der Waals surface area contributed by atoms with Crippen LogP contribution in [-0.4, -0.2) is 18.5 Å². The van der Waals surface area contributed by atoms with Gasteiger partial charge in [0.15, 0.2) is 0 Å². The SMILES string of the molecule is CCOC(=O)/C=C(\C)NC(=O)c1ccc(Br)cc1. The van der Waals surface area contributed by atoms with Gasteiger partial charge in [0.2, 0.25) is 0 Å². The maximum absolute atomic E-state index is 11.8. The number of nitrogens with one attached hydrogen (secondary N) is 1. The molecule has 0 aliphatic carbocycles. The molecule has 1 amide bonds. The lowest BCUT2D eigenvalue weighted by Crippen LogP contribution is -2.22. The van der Waals surface area contributed by atoms with E-state index in [1.807, 2.05) is 0 Å². The number of rotatable bonds is 4. The standard InChI is InChI=1S/C13H14BrNO3/c1-3-18-12(16)8-9(2)15-13(17)10-4-6-11(14)7-5-10/h4-8H,3H2,1-2H3,(H,15,17)/b9-8+. The van der Waals surface area contributed by atoms with Gasteiger partial charge in [0, 0.05) is 21.8 Å². The summed E-state index contributed by atoms with van der Waals surface area (Å²) in [5, 5.41) is 2.61. The molecule has 4 nitrogen and oxygen atoms in total. The molecule has 1 N–H and O–H groups in total. The van der Waals surface area contributed by atoms with Gasteiger partial charge in [-0.2, -0.15) is 0 Å². The molecule has 0 saturated carbocycles. The molecule has 0 saturated heterocycles. The lowest BCUT2D eigenvalue weighted by molar-refractivity contribution is -0.137. The van der Waals surface area contributed by atoms with E-state index >= 15 is 0 Å². The van der Waals surface area contributed by atoms with Crippen molar-refractivity contribution in [3.63, 3.8) is 0 Å². The predicted octanol–water partition coefficient (Wildman–Crippen LogP) is 2.65. The lowest BCUT2D eigenvalue weighted by Gasteiger charge is -2.05. The number of carbonyl (C=O) groups excluding carboxylic acids is 2. The summed E-state index contributed by atoms with van der Waals surface area (Å²) in [7, 11) is 0. The molecule has 0 unspecified atom stereocenters. The summed E-state index contributed by atoms with van der Waals surface area (Å²) in [6, 6.07) is 6.94. The number of carbonyl (C=O) groups is 2. The van der Waals surface area contributed by atoms with Crippen molar-refractivity contribution in [1.29, 1.82) is 0 Å². The second-order valence-electron chi connectivity index (χ2n) is 3.54. The van der Waals surface area contributed by atoms with E-state index in [-0.39, 0.29) is 5.91 Å². The molecule has 0 radical (unpaired) electrons. The van der Waals surface area contributed by atoms with Gasteiger partial charge in [0.25, 0.3) is 5.91 Å². The highest BCUT2D eigenvalue weighted by Crippen LogP contribution is 2.10. The number of hydrogen-bond acceptors (Lipinski definition) is 3. The van der Waals surface area contributed by atoms with Crippen LogP contribution in [0.25, 0.3) is 0 Å². The smallest absolute Gasteiger partial charge is 0.332 e. The van der Waals surface area contributed by atoms with Crippen molar-refractivity contribution >= 4 is 27.8 Å². The molecular weight excluding hydrogens is 298 g/mol. The zero-order valence-electron chi connectivity index (χ0n) is 10.2. The molecule has 1 aromatic carbocycles. The molecule has 1 rings (SSSR count). The Balaban J connectivity index is 2.64. The minimum atomic E-state index is -0.467. The Labute approximate surface area is 114 Å². The molecule has 0 aromatic heterocycles. The molecule has 0 aliphatic rings. The van der Waals surface area contributed by atoms with Crippen LogP contribution in [0.1, 0.15) is 24.2 Å². The first-order chi connectivity index (χ1) is 8.52. The van der Waals surface area contributed by atoms with E-state index in [1.54, 1.807) is 38.1 Å². The van der Waals surface area contributed by atoms with Crippen molar-refractivity contribution in [2.45, 2.75) is 13.8 Å². The van der Waals surface area contributed by atoms with E-state index in [0.717, 1.165) is 4.47 Å². The van der Waals surface area contributed by atoms with Crippen LogP contribution in [0.4, 0.5) is 0 Å². The summed E-state index contributed by atoms with van der Waals surface area (Å²) in [6.07, 6.45) is 1.25. The molecule has 1 aromatic rings. The van der Waals surface area contributed by atoms with Crippen LogP contribution in [-0.2, 0) is 9.53 Å². The number of allylic oxidation sites excluding steroid dienone is 1. The first kappa shape index (κ1) is 14.4. The van der Waals surface area contributed by atoms with Crippen molar-refractivity contribution in [2.75, 3.05) is 6.61 Å². The van der Waals surface area contributed by atoms with Crippen LogP contribution < -0.4 is 5.32 Å². The molecule has 0 aliphatic heterocycles. The van der Waals surface area contributed by atoms with Crippen molar-refractivity contribution in [2.24, 2.45) is 0 Å². The molecule has 0 heterocycles. The number of ether oxygens (including phenoxy) is 1. The zero-order valence-corrected chi connectivity index (χ0v) is 11.8. The number of esters is 1. The van der Waals surface area contributed by atoms with Crippen LogP contribution in [0.15, 0.2) is 40.5 Å². The Hall–Kier alpha value is -1.62. The van der Waals surface area contributed by atoms with Crippen LogP contribution in [0.3, 0.4) is 0 Å². The molecule has 0 bridgehead atoms. The third kappa shape index (κ3) is 4.71. The topological polar surface area (TPSA) is 55.4 Å². The van der Waals surface area contributed by atoms with Crippen LogP contribution >= 0.6 is 15.9 Å². The fourth-order valence-electron chi connectivity index (χ4n) is 1.25. The molecule has 0 fully saturated rings. The molecule has 18 heavy (non-hydrogen) atoms. The zero-order chi connectivity index (χ0) is 13.5. The molecule has 5 heteroatoms. The monoisotopic (exact) mass is 311 g/mol. The number of amides is 1. The second-order valence-corrected chi connectivity index (χ2v) is 4.46. The minimum Gasteiger partial charge on any atom is -0.463 e. The lowest BCUT2D eigenvalue weighted by atomic mass is 10.2. The van der Waals surface area contributed by atoms with Crippen LogP contribution in [0, 0.1) is 0 Å². The van der Waals surface area contributed by atoms with Crippen molar-refractivity contribution < 1.29 is 14.3 Å². The molecule has 0 atom stereocenters. The van der Waals surface area contributed by atoms with Crippen LogP contribution in [0.2, 0.25) is 0 Å². The quantitative estimate of drug-likeness (QED) is 0.687. The average molecular weight is 312 g/mol. The maximum atomic E-state index is 11.8. The molecule has 0 spiro atoms. The van der Waals surface area contributed by atoms with Gasteiger partial charge in [-0.05, 0) is 38.1 Å². The highest BCUT2D eigenvalue weighted by molar-refractivity contribution is 9.10. The Kier molecular flexibility index (Phi) is 5.58. The van der Waals surface area contributed by atoms with Gasteiger partial charge in [-0.3, -0.25) is 4.79 Å². The second kappa shape index (κ2) is 6.96. The van der Waals surface area contributed by atoms with Crippen molar-refractivity contribution in [1.82, 2.24) is 5.32 Å². The fraction of sp³-hybridized carbons (Fsp3) is 0.231. The van der Waals surface area contributed by atoms with E-state index in [1.165, 1.54) is 6.08 Å². The predicted molar refractivity (Wildman–Crippen MR) is 72.0 cm³/mol. The number of benzene rings is 1. The van der Waals surface area contributed by atoms with E-state index in [9.17, 15) is 9.59 Å². The van der Waals surface area contributed by atoms with E-state index in [4.69, 9.17) is 4.74 Å². The van der Waals surface area contributed by atoms with Crippen molar-refractivity contribution in [3.8, 4) is 0 Å². The number of halogens is 1. The first-order valence-electron chi connectivity index (χ1n) is 5.45. The summed E-state index contributed by atoms with van der Waals surface area (Å²) < 4.78 is 5.64. The normalized spacial score (nSPS) is 10.9. The highest BCUT2D eigenvalue weighted by atomic mass is 79.9. The van der Waals surface area contributed by atoms with Crippen molar-refractivity contribution in [3.05, 3.63) is 46.1 Å². The van der Waals surface area contributed by atoms with Gasteiger partial charge in [0.1, 0.15) is 0 Å². The summed E-state index contributed by atoms with van der Waals surface area (Å²) in [5.74, 6) is -0.730. The summed E-state index contributed by atoms with van der Waals surface area (Å²) in [4.78, 5) is 22.9. The Morgan fingerprint density at radius 2 is 1.94 bits per heavy atom. The van der Waals surface area contributed by atoms with Gasteiger partial charge < -0.3 is 10.1 Å². The van der Waals surface area contributed by atoms with Gasteiger partial charge in [-0.15, -0.1) is 0 Å². The summed E-state index contributed by atoms with van der Waals surface area (Å²) in [5.41, 5.74) is 0.969. The van der Waals surface area contributed by atoms with E-state index < -0.39 is 5.97 Å². The largest absolute Gasteiger partial charge is 0.463 e. The number of hydrogen-bond donors (Lipinski definition) is 1. The summed E-state index contributed by atoms with van der Waals surface area (Å²) in [6.45, 7) is 3.67. The van der Waals surface area contributed by atoms with Gasteiger partial charge >= 0.3 is 5.97 Å². The first-order valence-corrected chi connectivity index (χ1v) is 6.24. The van der Waals surface area contributed by atoms with Gasteiger partial charge in [-0.1, -0.05) is 15.9 Å². The highest BCUT2D eigenvalue weighted by Gasteiger charge is 2.06. The van der Waals surface area contributed by atoms with E-state index in [2.05, 4.69) is 21.2 Å². The molecular formula is C13H14BrNO3. The Morgan fingerprint density at radius 1 is 1.33 bits per heavy atom. The minimum absolute atomic E-state index is 0.263. The molecule has 96 valence electrons.